The van der Waals surface area contributed by atoms with Crippen molar-refractivity contribution in [2.24, 2.45) is 0 Å². The van der Waals surface area contributed by atoms with E-state index >= 15 is 0 Å². The zero-order chi connectivity index (χ0) is 15.1. The fourth-order valence-electron chi connectivity index (χ4n) is 1.56. The first-order valence-electron chi connectivity index (χ1n) is 5.78. The molecule has 0 radical (unpaired) electrons. The first-order valence-corrected chi connectivity index (χ1v) is 7.37. The molecule has 8 heteroatoms. The summed E-state index contributed by atoms with van der Waals surface area (Å²) in [6, 6.07) is 5.21. The highest BCUT2D eigenvalue weighted by Crippen LogP contribution is 2.26. The van der Waals surface area contributed by atoms with Gasteiger partial charge < -0.3 is 10.4 Å². The van der Waals surface area contributed by atoms with Crippen molar-refractivity contribution in [2.75, 3.05) is 31.6 Å². The molecule has 2 N–H and O–H groups in total. The van der Waals surface area contributed by atoms with Crippen molar-refractivity contribution in [3.63, 3.8) is 0 Å². The predicted molar refractivity (Wildman–Crippen MR) is 80.0 cm³/mol. The van der Waals surface area contributed by atoms with E-state index in [1.165, 1.54) is 4.90 Å². The van der Waals surface area contributed by atoms with Crippen LogP contribution in [0, 0.1) is 0 Å². The van der Waals surface area contributed by atoms with Gasteiger partial charge in [0, 0.05) is 15.5 Å². The minimum absolute atomic E-state index is 0.0271. The van der Waals surface area contributed by atoms with Crippen LogP contribution < -0.4 is 5.32 Å². The molecule has 4 nitrogen and oxygen atoms in total. The molecule has 0 spiro atoms. The Morgan fingerprint density at radius 2 is 2.10 bits per heavy atom. The number of aliphatic hydroxyl groups is 1. The smallest absolute Gasteiger partial charge is 0.251 e. The minimum Gasteiger partial charge on any atom is -0.395 e. The Morgan fingerprint density at radius 1 is 1.40 bits per heavy atom. The lowest BCUT2D eigenvalue weighted by molar-refractivity contribution is -0.117. The van der Waals surface area contributed by atoms with Crippen molar-refractivity contribution in [2.45, 2.75) is 6.43 Å². The standard InChI is InChI=1S/C12H14Br2F2N2O2/c13-8-1-2-10(9(14)5-8)17-12(20)7-18(3-4-19)6-11(15)16/h1-2,5,11,19H,3-4,6-7H2,(H,17,20). The summed E-state index contributed by atoms with van der Waals surface area (Å²) >= 11 is 6.58. The Labute approximate surface area is 132 Å². The van der Waals surface area contributed by atoms with Gasteiger partial charge in [0.05, 0.1) is 25.4 Å². The molecule has 0 aromatic heterocycles. The third kappa shape index (κ3) is 6.25. The second kappa shape index (κ2) is 8.66. The van der Waals surface area contributed by atoms with Crippen molar-refractivity contribution in [3.8, 4) is 0 Å². The summed E-state index contributed by atoms with van der Waals surface area (Å²) in [5.41, 5.74) is 0.555. The van der Waals surface area contributed by atoms with Gasteiger partial charge in [-0.2, -0.15) is 0 Å². The summed E-state index contributed by atoms with van der Waals surface area (Å²) in [6.07, 6.45) is -2.55. The molecule has 1 aromatic rings. The van der Waals surface area contributed by atoms with Gasteiger partial charge in [0.15, 0.2) is 0 Å². The molecule has 0 heterocycles. The number of carbonyl (C=O) groups is 1. The Hall–Kier alpha value is -0.570. The Balaban J connectivity index is 2.60. The zero-order valence-corrected chi connectivity index (χ0v) is 13.6. The molecule has 112 valence electrons. The number of aliphatic hydroxyl groups excluding tert-OH is 1. The summed E-state index contributed by atoms with van der Waals surface area (Å²) in [5, 5.41) is 11.4. The van der Waals surface area contributed by atoms with E-state index in [-0.39, 0.29) is 19.7 Å². The Bertz CT molecular complexity index is 461. The van der Waals surface area contributed by atoms with Gasteiger partial charge in [-0.15, -0.1) is 0 Å². The van der Waals surface area contributed by atoms with Crippen LogP contribution in [0.15, 0.2) is 27.1 Å². The van der Waals surface area contributed by atoms with E-state index in [1.807, 2.05) is 0 Å². The van der Waals surface area contributed by atoms with Gasteiger partial charge in [-0.1, -0.05) is 15.9 Å². The number of hydrogen-bond acceptors (Lipinski definition) is 3. The van der Waals surface area contributed by atoms with Gasteiger partial charge in [-0.25, -0.2) is 8.78 Å². The Kier molecular flexibility index (Phi) is 7.57. The third-order valence-electron chi connectivity index (χ3n) is 2.38. The van der Waals surface area contributed by atoms with Crippen LogP contribution in [0.5, 0.6) is 0 Å². The second-order valence-corrected chi connectivity index (χ2v) is 5.79. The molecule has 0 aliphatic heterocycles. The van der Waals surface area contributed by atoms with Crippen LogP contribution in [0.4, 0.5) is 14.5 Å². The lowest BCUT2D eigenvalue weighted by Gasteiger charge is -2.20. The predicted octanol–water partition coefficient (Wildman–Crippen LogP) is 2.71. The highest BCUT2D eigenvalue weighted by Gasteiger charge is 2.15. The zero-order valence-electron chi connectivity index (χ0n) is 10.5. The molecule has 0 saturated heterocycles. The van der Waals surface area contributed by atoms with Crippen molar-refractivity contribution < 1.29 is 18.7 Å². The normalized spacial score (nSPS) is 11.2. The third-order valence-corrected chi connectivity index (χ3v) is 3.53. The first kappa shape index (κ1) is 17.5. The number of rotatable bonds is 7. The molecule has 0 fully saturated rings. The number of nitrogens with zero attached hydrogens (tertiary/aromatic N) is 1. The molecule has 0 aliphatic rings. The lowest BCUT2D eigenvalue weighted by atomic mass is 10.3. The first-order chi connectivity index (χ1) is 9.42. The number of hydrogen-bond donors (Lipinski definition) is 2. The molecular formula is C12H14Br2F2N2O2. The fraction of sp³-hybridized carbons (Fsp3) is 0.417. The van der Waals surface area contributed by atoms with E-state index in [0.717, 1.165) is 4.47 Å². The maximum absolute atomic E-state index is 12.3. The average Bonchev–Trinajstić information content (AvgIpc) is 2.32. The number of halogens is 4. The number of benzene rings is 1. The van der Waals surface area contributed by atoms with Crippen LogP contribution in [0.1, 0.15) is 0 Å². The average molecular weight is 416 g/mol. The fourth-order valence-corrected chi connectivity index (χ4v) is 2.70. The number of anilines is 1. The summed E-state index contributed by atoms with van der Waals surface area (Å²) < 4.78 is 26.2. The van der Waals surface area contributed by atoms with E-state index in [1.54, 1.807) is 18.2 Å². The molecule has 1 aromatic carbocycles. The van der Waals surface area contributed by atoms with Crippen LogP contribution in [-0.2, 0) is 4.79 Å². The van der Waals surface area contributed by atoms with E-state index in [4.69, 9.17) is 5.11 Å². The van der Waals surface area contributed by atoms with E-state index in [9.17, 15) is 13.6 Å². The van der Waals surface area contributed by atoms with Gasteiger partial charge in [0.25, 0.3) is 6.43 Å². The maximum atomic E-state index is 12.3. The largest absolute Gasteiger partial charge is 0.395 e. The highest BCUT2D eigenvalue weighted by molar-refractivity contribution is 9.11. The molecule has 20 heavy (non-hydrogen) atoms. The van der Waals surface area contributed by atoms with Gasteiger partial charge in [0.2, 0.25) is 5.91 Å². The molecule has 0 bridgehead atoms. The lowest BCUT2D eigenvalue weighted by Crippen LogP contribution is -2.38. The summed E-state index contributed by atoms with van der Waals surface area (Å²) in [5.74, 6) is -0.415. The number of alkyl halides is 2. The molecule has 1 rings (SSSR count). The van der Waals surface area contributed by atoms with Crippen LogP contribution >= 0.6 is 31.9 Å². The Morgan fingerprint density at radius 3 is 2.65 bits per heavy atom. The van der Waals surface area contributed by atoms with Gasteiger partial charge in [0.1, 0.15) is 0 Å². The topological polar surface area (TPSA) is 52.6 Å². The second-order valence-electron chi connectivity index (χ2n) is 4.02. The SMILES string of the molecule is O=C(CN(CCO)CC(F)F)Nc1ccc(Br)cc1Br. The summed E-state index contributed by atoms with van der Waals surface area (Å²) in [7, 11) is 0. The molecule has 0 unspecified atom stereocenters. The quantitative estimate of drug-likeness (QED) is 0.719. The van der Waals surface area contributed by atoms with Gasteiger partial charge in [-0.3, -0.25) is 9.69 Å². The van der Waals surface area contributed by atoms with Crippen LogP contribution in [-0.4, -0.2) is 48.6 Å². The minimum atomic E-state index is -2.55. The molecular weight excluding hydrogens is 402 g/mol. The van der Waals surface area contributed by atoms with Gasteiger partial charge in [-0.05, 0) is 34.1 Å². The number of nitrogens with one attached hydrogen (secondary N) is 1. The van der Waals surface area contributed by atoms with Crippen LogP contribution in [0.2, 0.25) is 0 Å². The highest BCUT2D eigenvalue weighted by atomic mass is 79.9. The monoisotopic (exact) mass is 414 g/mol. The summed E-state index contributed by atoms with van der Waals surface area (Å²) in [4.78, 5) is 13.0. The van der Waals surface area contributed by atoms with Crippen molar-refractivity contribution in [1.82, 2.24) is 4.90 Å². The van der Waals surface area contributed by atoms with Crippen molar-refractivity contribution in [3.05, 3.63) is 27.1 Å². The van der Waals surface area contributed by atoms with E-state index in [2.05, 4.69) is 37.2 Å². The number of amides is 1. The van der Waals surface area contributed by atoms with E-state index in [0.29, 0.717) is 10.2 Å². The molecule has 0 saturated carbocycles. The number of carbonyl (C=O) groups excluding carboxylic acids is 1. The van der Waals surface area contributed by atoms with Crippen LogP contribution in [0.25, 0.3) is 0 Å². The maximum Gasteiger partial charge on any atom is 0.251 e. The molecule has 1 amide bonds. The van der Waals surface area contributed by atoms with Crippen molar-refractivity contribution >= 4 is 43.5 Å². The molecule has 0 atom stereocenters. The van der Waals surface area contributed by atoms with Crippen LogP contribution in [0.3, 0.4) is 0 Å². The van der Waals surface area contributed by atoms with Crippen molar-refractivity contribution in [1.29, 1.82) is 0 Å². The summed E-state index contributed by atoms with van der Waals surface area (Å²) in [6.45, 7) is -0.996. The van der Waals surface area contributed by atoms with E-state index < -0.39 is 18.9 Å². The molecule has 0 aliphatic carbocycles. The van der Waals surface area contributed by atoms with Gasteiger partial charge >= 0.3 is 0 Å².